The standard InChI is InChI=1S/C19H20ClN3O2S/c1-12(15-4-8-17(9-5-15)21-14(3)24)22-23-19(25)13(2)26-18-10-6-16(20)7-11-18/h4-11,13H,1-3H3,(H,21,24)(H,23,25)/b22-12-/t13-/m1/s1. The van der Waals surface area contributed by atoms with Crippen molar-refractivity contribution in [2.45, 2.75) is 30.9 Å². The first-order valence-corrected chi connectivity index (χ1v) is 9.25. The first kappa shape index (κ1) is 20.0. The lowest BCUT2D eigenvalue weighted by Gasteiger charge is -2.10. The SMILES string of the molecule is CC(=O)Nc1ccc(/C(C)=N\NC(=O)[C@@H](C)Sc2ccc(Cl)cc2)cc1. The number of rotatable bonds is 6. The highest BCUT2D eigenvalue weighted by Crippen LogP contribution is 2.24. The van der Waals surface area contributed by atoms with Crippen LogP contribution in [-0.4, -0.2) is 22.8 Å². The number of carbonyl (C=O) groups is 2. The second-order valence-electron chi connectivity index (χ2n) is 5.65. The third kappa shape index (κ3) is 6.20. The van der Waals surface area contributed by atoms with Gasteiger partial charge in [-0.15, -0.1) is 11.8 Å². The van der Waals surface area contributed by atoms with Crippen LogP contribution >= 0.6 is 23.4 Å². The van der Waals surface area contributed by atoms with E-state index in [1.807, 2.05) is 38.1 Å². The number of anilines is 1. The van der Waals surface area contributed by atoms with E-state index in [-0.39, 0.29) is 17.1 Å². The lowest BCUT2D eigenvalue weighted by Crippen LogP contribution is -2.27. The second-order valence-corrected chi connectivity index (χ2v) is 7.50. The third-order valence-corrected chi connectivity index (χ3v) is 4.82. The Morgan fingerprint density at radius 2 is 1.65 bits per heavy atom. The van der Waals surface area contributed by atoms with Crippen molar-refractivity contribution >= 4 is 46.6 Å². The largest absolute Gasteiger partial charge is 0.326 e. The summed E-state index contributed by atoms with van der Waals surface area (Å²) in [5.74, 6) is -0.304. The molecule has 2 rings (SSSR count). The Labute approximate surface area is 162 Å². The van der Waals surface area contributed by atoms with Crippen LogP contribution < -0.4 is 10.7 Å². The van der Waals surface area contributed by atoms with Gasteiger partial charge in [0.1, 0.15) is 0 Å². The van der Waals surface area contributed by atoms with Gasteiger partial charge in [-0.05, 0) is 55.8 Å². The van der Waals surface area contributed by atoms with Crippen LogP contribution in [0.1, 0.15) is 26.3 Å². The molecule has 0 aliphatic heterocycles. The molecular formula is C19H20ClN3O2S. The summed E-state index contributed by atoms with van der Waals surface area (Å²) in [5.41, 5.74) is 4.84. The quantitative estimate of drug-likeness (QED) is 0.439. The van der Waals surface area contributed by atoms with Gasteiger partial charge >= 0.3 is 0 Å². The van der Waals surface area contributed by atoms with Crippen LogP contribution in [0.4, 0.5) is 5.69 Å². The number of nitrogens with one attached hydrogen (secondary N) is 2. The molecule has 2 amide bonds. The van der Waals surface area contributed by atoms with Gasteiger partial charge in [0.25, 0.3) is 5.91 Å². The molecule has 7 heteroatoms. The first-order valence-electron chi connectivity index (χ1n) is 7.99. The molecule has 0 fully saturated rings. The van der Waals surface area contributed by atoms with E-state index < -0.39 is 0 Å². The molecule has 0 spiro atoms. The Hall–Kier alpha value is -2.31. The zero-order valence-corrected chi connectivity index (χ0v) is 16.3. The Bertz CT molecular complexity index is 805. The van der Waals surface area contributed by atoms with Crippen LogP contribution in [0.5, 0.6) is 0 Å². The normalized spacial score (nSPS) is 12.4. The molecule has 0 saturated heterocycles. The fraction of sp³-hybridized carbons (Fsp3) is 0.211. The predicted octanol–water partition coefficient (Wildman–Crippen LogP) is 4.32. The fourth-order valence-corrected chi connectivity index (χ4v) is 3.05. The van der Waals surface area contributed by atoms with Crippen molar-refractivity contribution in [3.8, 4) is 0 Å². The topological polar surface area (TPSA) is 70.6 Å². The number of nitrogens with zero attached hydrogens (tertiary/aromatic N) is 1. The molecular weight excluding hydrogens is 370 g/mol. The molecule has 26 heavy (non-hydrogen) atoms. The molecule has 0 aliphatic rings. The molecule has 136 valence electrons. The van der Waals surface area contributed by atoms with Crippen LogP contribution in [0, 0.1) is 0 Å². The summed E-state index contributed by atoms with van der Waals surface area (Å²) < 4.78 is 0. The number of amides is 2. The molecule has 1 atom stereocenters. The zero-order chi connectivity index (χ0) is 19.1. The van der Waals surface area contributed by atoms with Gasteiger partial charge < -0.3 is 5.32 Å². The summed E-state index contributed by atoms with van der Waals surface area (Å²) >= 11 is 7.30. The Morgan fingerprint density at radius 3 is 2.23 bits per heavy atom. The molecule has 0 radical (unpaired) electrons. The van der Waals surface area contributed by atoms with Crippen LogP contribution in [-0.2, 0) is 9.59 Å². The van der Waals surface area contributed by atoms with Gasteiger partial charge in [0.05, 0.1) is 11.0 Å². The summed E-state index contributed by atoms with van der Waals surface area (Å²) in [7, 11) is 0. The lowest BCUT2D eigenvalue weighted by atomic mass is 10.1. The number of hydrogen-bond acceptors (Lipinski definition) is 4. The van der Waals surface area contributed by atoms with Crippen molar-refractivity contribution in [1.29, 1.82) is 0 Å². The molecule has 2 aromatic carbocycles. The van der Waals surface area contributed by atoms with Crippen molar-refractivity contribution in [2.75, 3.05) is 5.32 Å². The maximum absolute atomic E-state index is 12.2. The van der Waals surface area contributed by atoms with E-state index in [1.54, 1.807) is 24.3 Å². The first-order chi connectivity index (χ1) is 12.3. The number of carbonyl (C=O) groups excluding carboxylic acids is 2. The molecule has 0 unspecified atom stereocenters. The molecule has 0 saturated carbocycles. The van der Waals surface area contributed by atoms with E-state index in [9.17, 15) is 9.59 Å². The number of hydrazone groups is 1. The molecule has 0 aromatic heterocycles. The summed E-state index contributed by atoms with van der Waals surface area (Å²) in [4.78, 5) is 24.2. The molecule has 0 bridgehead atoms. The average Bonchev–Trinajstić information content (AvgIpc) is 2.61. The Morgan fingerprint density at radius 1 is 1.04 bits per heavy atom. The van der Waals surface area contributed by atoms with E-state index in [2.05, 4.69) is 15.8 Å². The number of benzene rings is 2. The van der Waals surface area contributed by atoms with Crippen LogP contribution in [0.15, 0.2) is 58.5 Å². The van der Waals surface area contributed by atoms with E-state index in [1.165, 1.54) is 18.7 Å². The lowest BCUT2D eigenvalue weighted by molar-refractivity contribution is -0.120. The second kappa shape index (κ2) is 9.40. The van der Waals surface area contributed by atoms with Gasteiger partial charge in [-0.3, -0.25) is 9.59 Å². The number of halogens is 1. The van der Waals surface area contributed by atoms with Crippen LogP contribution in [0.3, 0.4) is 0 Å². The highest BCUT2D eigenvalue weighted by molar-refractivity contribution is 8.00. The van der Waals surface area contributed by atoms with E-state index >= 15 is 0 Å². The van der Waals surface area contributed by atoms with Crippen molar-refractivity contribution in [3.05, 3.63) is 59.1 Å². The molecule has 0 aliphatic carbocycles. The zero-order valence-electron chi connectivity index (χ0n) is 14.7. The van der Waals surface area contributed by atoms with Gasteiger partial charge in [-0.1, -0.05) is 23.7 Å². The van der Waals surface area contributed by atoms with Crippen molar-refractivity contribution < 1.29 is 9.59 Å². The summed E-state index contributed by atoms with van der Waals surface area (Å²) in [6, 6.07) is 14.6. The maximum atomic E-state index is 12.2. The minimum Gasteiger partial charge on any atom is -0.326 e. The van der Waals surface area contributed by atoms with Crippen molar-refractivity contribution in [1.82, 2.24) is 5.43 Å². The highest BCUT2D eigenvalue weighted by atomic mass is 35.5. The van der Waals surface area contributed by atoms with E-state index in [0.29, 0.717) is 16.4 Å². The maximum Gasteiger partial charge on any atom is 0.253 e. The summed E-state index contributed by atoms with van der Waals surface area (Å²) in [6.07, 6.45) is 0. The molecule has 2 aromatic rings. The smallest absolute Gasteiger partial charge is 0.253 e. The van der Waals surface area contributed by atoms with Gasteiger partial charge in [-0.2, -0.15) is 5.10 Å². The molecule has 5 nitrogen and oxygen atoms in total. The van der Waals surface area contributed by atoms with Gasteiger partial charge in [0.2, 0.25) is 5.91 Å². The van der Waals surface area contributed by atoms with Crippen molar-refractivity contribution in [3.63, 3.8) is 0 Å². The van der Waals surface area contributed by atoms with Crippen LogP contribution in [0.2, 0.25) is 5.02 Å². The van der Waals surface area contributed by atoms with Gasteiger partial charge in [-0.25, -0.2) is 5.43 Å². The van der Waals surface area contributed by atoms with Crippen LogP contribution in [0.25, 0.3) is 0 Å². The predicted molar refractivity (Wildman–Crippen MR) is 108 cm³/mol. The fourth-order valence-electron chi connectivity index (χ4n) is 2.06. The number of thioether (sulfide) groups is 1. The average molecular weight is 390 g/mol. The third-order valence-electron chi connectivity index (χ3n) is 3.45. The monoisotopic (exact) mass is 389 g/mol. The Balaban J connectivity index is 1.93. The van der Waals surface area contributed by atoms with Crippen molar-refractivity contribution in [2.24, 2.45) is 5.10 Å². The molecule has 0 heterocycles. The summed E-state index contributed by atoms with van der Waals surface area (Å²) in [6.45, 7) is 5.09. The minimum atomic E-state index is -0.296. The van der Waals surface area contributed by atoms with Gasteiger partial charge in [0.15, 0.2) is 0 Å². The highest BCUT2D eigenvalue weighted by Gasteiger charge is 2.14. The van der Waals surface area contributed by atoms with E-state index in [0.717, 1.165) is 10.5 Å². The van der Waals surface area contributed by atoms with Gasteiger partial charge in [0, 0.05) is 22.5 Å². The number of hydrogen-bond donors (Lipinski definition) is 2. The van der Waals surface area contributed by atoms with E-state index in [4.69, 9.17) is 11.6 Å². The Kier molecular flexibility index (Phi) is 7.24. The minimum absolute atomic E-state index is 0.123. The molecule has 2 N–H and O–H groups in total. The summed E-state index contributed by atoms with van der Waals surface area (Å²) in [5, 5.41) is 7.23.